The van der Waals surface area contributed by atoms with Gasteiger partial charge < -0.3 is 5.73 Å². The Bertz CT molecular complexity index is 1130. The largest absolute Gasteiger partial charge is 0.383 e. The van der Waals surface area contributed by atoms with Gasteiger partial charge in [-0.1, -0.05) is 48.0 Å². The standard InChI is InChI=1S/C24H22ClFN4O/c1-29(2)30-19-11-15(14-7-4-3-5-8-14)12-20(31)23(19)21(16(13-27)24(30)28)22-17(25)9-6-10-18(22)26/h3-10,15,21H,11-12,28H2,1-2H3/t15-,21+/m1/s1. The number of hydrogen-bond donors (Lipinski definition) is 1. The van der Waals surface area contributed by atoms with Gasteiger partial charge in [-0.2, -0.15) is 5.26 Å². The van der Waals surface area contributed by atoms with Crippen LogP contribution in [0, 0.1) is 17.1 Å². The van der Waals surface area contributed by atoms with Crippen LogP contribution in [-0.2, 0) is 4.79 Å². The molecular weight excluding hydrogens is 415 g/mol. The van der Waals surface area contributed by atoms with Gasteiger partial charge in [-0.15, -0.1) is 0 Å². The van der Waals surface area contributed by atoms with E-state index in [0.29, 0.717) is 17.7 Å². The summed E-state index contributed by atoms with van der Waals surface area (Å²) in [7, 11) is 3.58. The van der Waals surface area contributed by atoms with Gasteiger partial charge in [-0.05, 0) is 30.0 Å². The number of rotatable bonds is 3. The van der Waals surface area contributed by atoms with Crippen LogP contribution in [0.15, 0.2) is 71.2 Å². The van der Waals surface area contributed by atoms with E-state index < -0.39 is 11.7 Å². The van der Waals surface area contributed by atoms with Gasteiger partial charge in [0, 0.05) is 42.4 Å². The minimum Gasteiger partial charge on any atom is -0.383 e. The number of nitriles is 1. The number of nitrogens with two attached hydrogens (primary N) is 1. The molecule has 158 valence electrons. The number of halogens is 2. The molecule has 0 aromatic heterocycles. The molecule has 1 heterocycles. The molecule has 0 saturated heterocycles. The third kappa shape index (κ3) is 3.50. The molecule has 2 atom stereocenters. The zero-order valence-electron chi connectivity index (χ0n) is 17.3. The monoisotopic (exact) mass is 436 g/mol. The molecule has 2 aliphatic rings. The van der Waals surface area contributed by atoms with Crippen molar-refractivity contribution >= 4 is 17.4 Å². The van der Waals surface area contributed by atoms with Crippen LogP contribution in [0.2, 0.25) is 5.02 Å². The van der Waals surface area contributed by atoms with E-state index in [1.165, 1.54) is 12.1 Å². The Labute approximate surface area is 185 Å². The Balaban J connectivity index is 1.95. The van der Waals surface area contributed by atoms with E-state index in [9.17, 15) is 14.4 Å². The van der Waals surface area contributed by atoms with Crippen LogP contribution in [0.1, 0.15) is 35.8 Å². The zero-order valence-corrected chi connectivity index (χ0v) is 18.0. The molecule has 0 spiro atoms. The lowest BCUT2D eigenvalue weighted by molar-refractivity contribution is -0.117. The summed E-state index contributed by atoms with van der Waals surface area (Å²) in [6, 6.07) is 16.3. The number of benzene rings is 2. The molecule has 1 aliphatic carbocycles. The highest BCUT2D eigenvalue weighted by molar-refractivity contribution is 6.31. The Hall–Kier alpha value is -3.14. The second-order valence-corrected chi connectivity index (χ2v) is 8.34. The van der Waals surface area contributed by atoms with Crippen molar-refractivity contribution in [1.82, 2.24) is 10.0 Å². The van der Waals surface area contributed by atoms with Crippen molar-refractivity contribution in [3.05, 3.63) is 93.2 Å². The van der Waals surface area contributed by atoms with Gasteiger partial charge in [-0.25, -0.2) is 9.40 Å². The Kier molecular flexibility index (Phi) is 5.57. The summed E-state index contributed by atoms with van der Waals surface area (Å²) in [5.74, 6) is -1.50. The maximum Gasteiger partial charge on any atom is 0.162 e. The van der Waals surface area contributed by atoms with E-state index >= 15 is 0 Å². The van der Waals surface area contributed by atoms with E-state index in [-0.39, 0.29) is 40.1 Å². The molecule has 4 rings (SSSR count). The van der Waals surface area contributed by atoms with Crippen LogP contribution in [0.25, 0.3) is 0 Å². The molecule has 2 aromatic rings. The Morgan fingerprint density at radius 3 is 2.48 bits per heavy atom. The number of ketones is 1. The number of Topliss-reactive ketones (excluding diaryl/α,β-unsaturated/α-hetero) is 1. The lowest BCUT2D eigenvalue weighted by atomic mass is 9.72. The first kappa shape index (κ1) is 21.1. The summed E-state index contributed by atoms with van der Waals surface area (Å²) < 4.78 is 14.9. The average Bonchev–Trinajstić information content (AvgIpc) is 2.73. The van der Waals surface area contributed by atoms with Crippen LogP contribution in [0.3, 0.4) is 0 Å². The maximum atomic E-state index is 14.9. The molecule has 0 radical (unpaired) electrons. The van der Waals surface area contributed by atoms with E-state index in [2.05, 4.69) is 6.07 Å². The molecule has 2 aromatic carbocycles. The number of allylic oxidation sites excluding steroid dienone is 3. The van der Waals surface area contributed by atoms with Crippen molar-refractivity contribution in [2.75, 3.05) is 14.1 Å². The first-order valence-corrected chi connectivity index (χ1v) is 10.3. The third-order valence-electron chi connectivity index (χ3n) is 5.90. The summed E-state index contributed by atoms with van der Waals surface area (Å²) in [5, 5.41) is 13.5. The highest BCUT2D eigenvalue weighted by Gasteiger charge is 2.44. The maximum absolute atomic E-state index is 14.9. The van der Waals surface area contributed by atoms with Crippen molar-refractivity contribution in [3.8, 4) is 6.07 Å². The number of hydrogen-bond acceptors (Lipinski definition) is 5. The van der Waals surface area contributed by atoms with Gasteiger partial charge >= 0.3 is 0 Å². The summed E-state index contributed by atoms with van der Waals surface area (Å²) in [6.45, 7) is 0. The van der Waals surface area contributed by atoms with Gasteiger partial charge in [0.25, 0.3) is 0 Å². The third-order valence-corrected chi connectivity index (χ3v) is 6.23. The molecule has 2 N–H and O–H groups in total. The molecule has 7 heteroatoms. The topological polar surface area (TPSA) is 73.4 Å². The van der Waals surface area contributed by atoms with Crippen molar-refractivity contribution < 1.29 is 9.18 Å². The van der Waals surface area contributed by atoms with Crippen LogP contribution in [0.4, 0.5) is 4.39 Å². The fraction of sp³-hybridized carbons (Fsp3) is 0.250. The zero-order chi connectivity index (χ0) is 22.3. The fourth-order valence-corrected chi connectivity index (χ4v) is 4.88. The number of carbonyl (C=O) groups is 1. The van der Waals surface area contributed by atoms with E-state index in [1.54, 1.807) is 30.2 Å². The lowest BCUT2D eigenvalue weighted by Gasteiger charge is -2.44. The van der Waals surface area contributed by atoms with E-state index in [1.807, 2.05) is 30.3 Å². The molecule has 0 saturated carbocycles. The number of hydrazine groups is 1. The van der Waals surface area contributed by atoms with E-state index in [0.717, 1.165) is 5.56 Å². The smallest absolute Gasteiger partial charge is 0.162 e. The molecule has 31 heavy (non-hydrogen) atoms. The summed E-state index contributed by atoms with van der Waals surface area (Å²) >= 11 is 6.36. The van der Waals surface area contributed by atoms with Crippen molar-refractivity contribution in [3.63, 3.8) is 0 Å². The van der Waals surface area contributed by atoms with Crippen molar-refractivity contribution in [1.29, 1.82) is 5.26 Å². The molecule has 5 nitrogen and oxygen atoms in total. The molecule has 0 amide bonds. The average molecular weight is 437 g/mol. The normalized spacial score (nSPS) is 21.4. The highest BCUT2D eigenvalue weighted by atomic mass is 35.5. The van der Waals surface area contributed by atoms with Crippen molar-refractivity contribution in [2.45, 2.75) is 24.7 Å². The Morgan fingerprint density at radius 1 is 1.16 bits per heavy atom. The summed E-state index contributed by atoms with van der Waals surface area (Å²) in [5.41, 5.74) is 8.77. The number of nitrogens with zero attached hydrogens (tertiary/aromatic N) is 3. The van der Waals surface area contributed by atoms with Crippen LogP contribution in [-0.4, -0.2) is 29.9 Å². The predicted octanol–water partition coefficient (Wildman–Crippen LogP) is 4.45. The molecular formula is C24H22ClFN4O. The Morgan fingerprint density at radius 2 is 1.87 bits per heavy atom. The molecule has 1 aliphatic heterocycles. The van der Waals surface area contributed by atoms with Gasteiger partial charge in [0.1, 0.15) is 11.6 Å². The fourth-order valence-electron chi connectivity index (χ4n) is 4.60. The second-order valence-electron chi connectivity index (χ2n) is 7.94. The van der Waals surface area contributed by atoms with Crippen LogP contribution < -0.4 is 5.73 Å². The van der Waals surface area contributed by atoms with Gasteiger partial charge in [-0.3, -0.25) is 9.80 Å². The van der Waals surface area contributed by atoms with Gasteiger partial charge in [0.15, 0.2) is 5.78 Å². The van der Waals surface area contributed by atoms with Crippen LogP contribution in [0.5, 0.6) is 0 Å². The molecule has 0 unspecified atom stereocenters. The van der Waals surface area contributed by atoms with E-state index in [4.69, 9.17) is 17.3 Å². The first-order chi connectivity index (χ1) is 14.8. The number of carbonyl (C=O) groups excluding carboxylic acids is 1. The quantitative estimate of drug-likeness (QED) is 0.769. The first-order valence-electron chi connectivity index (χ1n) is 9.97. The summed E-state index contributed by atoms with van der Waals surface area (Å²) in [4.78, 5) is 13.5. The SMILES string of the molecule is CN(C)N1C(N)=C(C#N)[C@@H](c2c(F)cccc2Cl)C2=C1C[C@@H](c1ccccc1)CC2=O. The summed E-state index contributed by atoms with van der Waals surface area (Å²) in [6.07, 6.45) is 0.802. The minimum absolute atomic E-state index is 0.0388. The van der Waals surface area contributed by atoms with Crippen LogP contribution >= 0.6 is 11.6 Å². The highest BCUT2D eigenvalue weighted by Crippen LogP contribution is 2.49. The molecule has 0 bridgehead atoms. The molecule has 0 fully saturated rings. The predicted molar refractivity (Wildman–Crippen MR) is 117 cm³/mol. The van der Waals surface area contributed by atoms with Crippen molar-refractivity contribution in [2.24, 2.45) is 5.73 Å². The van der Waals surface area contributed by atoms with Gasteiger partial charge in [0.2, 0.25) is 0 Å². The van der Waals surface area contributed by atoms with Gasteiger partial charge in [0.05, 0.1) is 17.6 Å². The second kappa shape index (κ2) is 8.18. The lowest BCUT2D eigenvalue weighted by Crippen LogP contribution is -2.46. The minimum atomic E-state index is -0.936.